The number of thiol groups is 1. The molecule has 80 valence electrons. The SMILES string of the molecule is SCc1cc(-c2cc3ccccc3s2)on1. The van der Waals surface area contributed by atoms with Crippen LogP contribution in [0.3, 0.4) is 0 Å². The van der Waals surface area contributed by atoms with Crippen molar-refractivity contribution in [3.8, 4) is 10.6 Å². The summed E-state index contributed by atoms with van der Waals surface area (Å²) >= 11 is 5.88. The summed E-state index contributed by atoms with van der Waals surface area (Å²) in [7, 11) is 0. The van der Waals surface area contributed by atoms with E-state index in [1.54, 1.807) is 11.3 Å². The zero-order chi connectivity index (χ0) is 11.0. The van der Waals surface area contributed by atoms with E-state index in [4.69, 9.17) is 4.52 Å². The Bertz CT molecular complexity index is 594. The van der Waals surface area contributed by atoms with Crippen molar-refractivity contribution in [1.29, 1.82) is 0 Å². The molecule has 0 unspecified atom stereocenters. The third kappa shape index (κ3) is 1.64. The second kappa shape index (κ2) is 3.96. The van der Waals surface area contributed by atoms with Crippen LogP contribution in [0, 0.1) is 0 Å². The van der Waals surface area contributed by atoms with E-state index in [1.807, 2.05) is 18.2 Å². The molecule has 0 saturated carbocycles. The number of hydrogen-bond donors (Lipinski definition) is 1. The third-order valence-electron chi connectivity index (χ3n) is 2.39. The number of rotatable bonds is 2. The number of thiophene rings is 1. The monoisotopic (exact) mass is 247 g/mol. The fourth-order valence-electron chi connectivity index (χ4n) is 1.61. The van der Waals surface area contributed by atoms with E-state index in [0.717, 1.165) is 16.3 Å². The molecule has 2 heterocycles. The van der Waals surface area contributed by atoms with E-state index in [9.17, 15) is 0 Å². The smallest absolute Gasteiger partial charge is 0.177 e. The number of benzene rings is 1. The van der Waals surface area contributed by atoms with Gasteiger partial charge in [0.2, 0.25) is 0 Å². The van der Waals surface area contributed by atoms with Crippen molar-refractivity contribution in [2.24, 2.45) is 0 Å². The van der Waals surface area contributed by atoms with Crippen LogP contribution in [0.15, 0.2) is 40.9 Å². The van der Waals surface area contributed by atoms with Gasteiger partial charge in [0.25, 0.3) is 0 Å². The van der Waals surface area contributed by atoms with Crippen LogP contribution >= 0.6 is 24.0 Å². The van der Waals surface area contributed by atoms with Crippen molar-refractivity contribution in [2.45, 2.75) is 5.75 Å². The average Bonchev–Trinajstić information content (AvgIpc) is 2.95. The molecule has 3 aromatic rings. The van der Waals surface area contributed by atoms with Gasteiger partial charge in [-0.05, 0) is 17.5 Å². The summed E-state index contributed by atoms with van der Waals surface area (Å²) in [6, 6.07) is 12.4. The topological polar surface area (TPSA) is 26.0 Å². The van der Waals surface area contributed by atoms with E-state index < -0.39 is 0 Å². The maximum atomic E-state index is 5.28. The number of hydrogen-bond acceptors (Lipinski definition) is 4. The standard InChI is InChI=1S/C12H9NOS2/c15-7-9-6-10(14-13-9)12-5-8-3-1-2-4-11(8)16-12/h1-6,15H,7H2. The molecule has 0 atom stereocenters. The minimum atomic E-state index is 0.606. The summed E-state index contributed by atoms with van der Waals surface area (Å²) in [5, 5.41) is 5.18. The second-order valence-electron chi connectivity index (χ2n) is 3.49. The molecular weight excluding hydrogens is 238 g/mol. The van der Waals surface area contributed by atoms with Crippen molar-refractivity contribution in [3.05, 3.63) is 42.1 Å². The number of nitrogens with zero attached hydrogens (tertiary/aromatic N) is 1. The molecule has 0 aliphatic carbocycles. The van der Waals surface area contributed by atoms with Gasteiger partial charge < -0.3 is 4.52 Å². The molecule has 0 amide bonds. The quantitative estimate of drug-likeness (QED) is 0.693. The van der Waals surface area contributed by atoms with Gasteiger partial charge in [-0.25, -0.2) is 0 Å². The number of fused-ring (bicyclic) bond motifs is 1. The van der Waals surface area contributed by atoms with Crippen molar-refractivity contribution < 1.29 is 4.52 Å². The molecule has 0 aliphatic heterocycles. The lowest BCUT2D eigenvalue weighted by Gasteiger charge is -1.83. The Morgan fingerprint density at radius 2 is 2.12 bits per heavy atom. The fourth-order valence-corrected chi connectivity index (χ4v) is 2.77. The van der Waals surface area contributed by atoms with Gasteiger partial charge in [0.05, 0.1) is 10.6 Å². The fraction of sp³-hybridized carbons (Fsp3) is 0.0833. The van der Waals surface area contributed by atoms with E-state index in [2.05, 4.69) is 36.0 Å². The van der Waals surface area contributed by atoms with Crippen LogP contribution in [-0.4, -0.2) is 5.16 Å². The van der Waals surface area contributed by atoms with Crippen LogP contribution in [0.4, 0.5) is 0 Å². The largest absolute Gasteiger partial charge is 0.355 e. The zero-order valence-corrected chi connectivity index (χ0v) is 10.1. The van der Waals surface area contributed by atoms with E-state index in [-0.39, 0.29) is 0 Å². The van der Waals surface area contributed by atoms with Crippen LogP contribution in [0.5, 0.6) is 0 Å². The molecule has 2 nitrogen and oxygen atoms in total. The summed E-state index contributed by atoms with van der Waals surface area (Å²) in [5.74, 6) is 1.43. The molecule has 1 aromatic carbocycles. The van der Waals surface area contributed by atoms with Crippen molar-refractivity contribution in [2.75, 3.05) is 0 Å². The predicted molar refractivity (Wildman–Crippen MR) is 70.0 cm³/mol. The Hall–Kier alpha value is -1.26. The highest BCUT2D eigenvalue weighted by Crippen LogP contribution is 2.33. The molecule has 0 saturated heterocycles. The van der Waals surface area contributed by atoms with Crippen molar-refractivity contribution in [1.82, 2.24) is 5.16 Å². The maximum absolute atomic E-state index is 5.28. The Balaban J connectivity index is 2.11. The first-order chi connectivity index (χ1) is 7.86. The highest BCUT2D eigenvalue weighted by atomic mass is 32.1. The Kier molecular flexibility index (Phi) is 2.46. The zero-order valence-electron chi connectivity index (χ0n) is 8.38. The van der Waals surface area contributed by atoms with Crippen LogP contribution < -0.4 is 0 Å². The van der Waals surface area contributed by atoms with Gasteiger partial charge in [0.1, 0.15) is 0 Å². The molecule has 2 aromatic heterocycles. The normalized spacial score (nSPS) is 11.1. The minimum Gasteiger partial charge on any atom is -0.355 e. The van der Waals surface area contributed by atoms with Crippen molar-refractivity contribution >= 4 is 34.1 Å². The Labute approximate surface area is 102 Å². The third-order valence-corrected chi connectivity index (χ3v) is 3.84. The lowest BCUT2D eigenvalue weighted by Crippen LogP contribution is -1.70. The summed E-state index contributed by atoms with van der Waals surface area (Å²) in [4.78, 5) is 1.11. The van der Waals surface area contributed by atoms with Gasteiger partial charge in [-0.3, -0.25) is 0 Å². The predicted octanol–water partition coefficient (Wildman–Crippen LogP) is 3.99. The molecule has 4 heteroatoms. The van der Waals surface area contributed by atoms with Crippen LogP contribution in [0.25, 0.3) is 20.7 Å². The van der Waals surface area contributed by atoms with Gasteiger partial charge in [-0.1, -0.05) is 23.4 Å². The summed E-state index contributed by atoms with van der Waals surface area (Å²) in [6.45, 7) is 0. The van der Waals surface area contributed by atoms with Crippen LogP contribution in [-0.2, 0) is 5.75 Å². The first-order valence-electron chi connectivity index (χ1n) is 4.92. The first kappa shape index (κ1) is 9.93. The molecule has 0 aliphatic rings. The van der Waals surface area contributed by atoms with E-state index in [0.29, 0.717) is 5.75 Å². The van der Waals surface area contributed by atoms with Gasteiger partial charge in [0.15, 0.2) is 5.76 Å². The summed E-state index contributed by atoms with van der Waals surface area (Å²) in [5.41, 5.74) is 0.871. The molecule has 0 bridgehead atoms. The minimum absolute atomic E-state index is 0.606. The molecule has 16 heavy (non-hydrogen) atoms. The summed E-state index contributed by atoms with van der Waals surface area (Å²) in [6.07, 6.45) is 0. The lowest BCUT2D eigenvalue weighted by molar-refractivity contribution is 0.427. The van der Waals surface area contributed by atoms with Crippen molar-refractivity contribution in [3.63, 3.8) is 0 Å². The van der Waals surface area contributed by atoms with E-state index in [1.165, 1.54) is 10.1 Å². The van der Waals surface area contributed by atoms with Gasteiger partial charge in [-0.15, -0.1) is 11.3 Å². The molecular formula is C12H9NOS2. The van der Waals surface area contributed by atoms with Crippen LogP contribution in [0.1, 0.15) is 5.69 Å². The number of aromatic nitrogens is 1. The molecule has 0 radical (unpaired) electrons. The second-order valence-corrected chi connectivity index (χ2v) is 4.89. The average molecular weight is 247 g/mol. The highest BCUT2D eigenvalue weighted by Gasteiger charge is 2.09. The summed E-state index contributed by atoms with van der Waals surface area (Å²) < 4.78 is 6.55. The first-order valence-corrected chi connectivity index (χ1v) is 6.37. The van der Waals surface area contributed by atoms with Crippen LogP contribution in [0.2, 0.25) is 0 Å². The van der Waals surface area contributed by atoms with Gasteiger partial charge >= 0.3 is 0 Å². The molecule has 3 rings (SSSR count). The Morgan fingerprint density at radius 3 is 2.88 bits per heavy atom. The maximum Gasteiger partial charge on any atom is 0.177 e. The van der Waals surface area contributed by atoms with Gasteiger partial charge in [-0.2, -0.15) is 12.6 Å². The highest BCUT2D eigenvalue weighted by molar-refractivity contribution is 7.79. The molecule has 0 spiro atoms. The van der Waals surface area contributed by atoms with Gasteiger partial charge in [0, 0.05) is 16.5 Å². The lowest BCUT2D eigenvalue weighted by atomic mass is 10.2. The molecule has 0 fully saturated rings. The molecule has 0 N–H and O–H groups in total. The Morgan fingerprint density at radius 1 is 1.25 bits per heavy atom. The van der Waals surface area contributed by atoms with E-state index >= 15 is 0 Å².